The van der Waals surface area contributed by atoms with Gasteiger partial charge >= 0.3 is 0 Å². The second-order valence-corrected chi connectivity index (χ2v) is 5.53. The average molecular weight is 329 g/mol. The van der Waals surface area contributed by atoms with Crippen LogP contribution in [0.25, 0.3) is 0 Å². The minimum absolute atomic E-state index is 0.0317. The molecule has 0 aromatic heterocycles. The number of hydrogen-bond acceptors (Lipinski definition) is 3. The van der Waals surface area contributed by atoms with Crippen molar-refractivity contribution >= 4 is 21.8 Å². The molecule has 5 heteroatoms. The van der Waals surface area contributed by atoms with E-state index in [1.807, 2.05) is 18.2 Å². The number of nitrogens with zero attached hydrogens (tertiary/aromatic N) is 1. The number of para-hydroxylation sites is 1. The van der Waals surface area contributed by atoms with E-state index in [4.69, 9.17) is 10.5 Å². The van der Waals surface area contributed by atoms with Crippen molar-refractivity contribution in [3.8, 4) is 5.75 Å². The molecule has 4 nitrogen and oxygen atoms in total. The quantitative estimate of drug-likeness (QED) is 0.870. The zero-order valence-corrected chi connectivity index (χ0v) is 13.2. The molecule has 1 rings (SSSR count). The molecule has 1 atom stereocenters. The molecule has 0 saturated carbocycles. The van der Waals surface area contributed by atoms with Crippen LogP contribution in [0, 0.1) is 0 Å². The first-order valence-electron chi connectivity index (χ1n) is 6.31. The van der Waals surface area contributed by atoms with Crippen LogP contribution in [0.3, 0.4) is 0 Å². The third-order valence-corrected chi connectivity index (χ3v) is 3.52. The summed E-state index contributed by atoms with van der Waals surface area (Å²) >= 11 is 3.46. The highest BCUT2D eigenvalue weighted by atomic mass is 79.9. The van der Waals surface area contributed by atoms with Gasteiger partial charge in [-0.1, -0.05) is 19.1 Å². The van der Waals surface area contributed by atoms with Crippen LogP contribution in [0.15, 0.2) is 22.7 Å². The number of nitrogens with two attached hydrogens (primary N) is 1. The Balaban J connectivity index is 2.83. The van der Waals surface area contributed by atoms with Crippen LogP contribution in [0.5, 0.6) is 5.75 Å². The zero-order valence-electron chi connectivity index (χ0n) is 11.6. The van der Waals surface area contributed by atoms with Crippen molar-refractivity contribution in [3.63, 3.8) is 0 Å². The van der Waals surface area contributed by atoms with Gasteiger partial charge in [0.1, 0.15) is 5.75 Å². The number of rotatable bonds is 6. The summed E-state index contributed by atoms with van der Waals surface area (Å²) in [5.41, 5.74) is 7.01. The van der Waals surface area contributed by atoms with Crippen molar-refractivity contribution in [1.82, 2.24) is 4.90 Å². The molecule has 19 heavy (non-hydrogen) atoms. The number of halogens is 1. The average Bonchev–Trinajstić information content (AvgIpc) is 2.37. The molecular weight excluding hydrogens is 308 g/mol. The maximum atomic E-state index is 11.6. The summed E-state index contributed by atoms with van der Waals surface area (Å²) in [7, 11) is 3.42. The predicted molar refractivity (Wildman–Crippen MR) is 80.3 cm³/mol. The molecule has 0 fully saturated rings. The number of carbonyl (C=O) groups excluding carboxylic acids is 1. The van der Waals surface area contributed by atoms with Crippen molar-refractivity contribution in [3.05, 3.63) is 28.2 Å². The fourth-order valence-electron chi connectivity index (χ4n) is 1.57. The summed E-state index contributed by atoms with van der Waals surface area (Å²) in [5.74, 6) is 0.642. The van der Waals surface area contributed by atoms with E-state index < -0.39 is 0 Å². The Bertz CT molecular complexity index is 435. The lowest BCUT2D eigenvalue weighted by molar-refractivity contribution is -0.130. The molecule has 2 N–H and O–H groups in total. The minimum Gasteiger partial charge on any atom is -0.482 e. The fraction of sp³-hybridized carbons (Fsp3) is 0.500. The van der Waals surface area contributed by atoms with E-state index in [0.717, 1.165) is 22.9 Å². The van der Waals surface area contributed by atoms with E-state index >= 15 is 0 Å². The molecule has 1 unspecified atom stereocenters. The van der Waals surface area contributed by atoms with Crippen molar-refractivity contribution < 1.29 is 9.53 Å². The normalized spacial score (nSPS) is 12.1. The van der Waals surface area contributed by atoms with Gasteiger partial charge in [0.05, 0.1) is 4.47 Å². The van der Waals surface area contributed by atoms with Crippen LogP contribution in [0.4, 0.5) is 0 Å². The molecule has 0 aliphatic rings. The van der Waals surface area contributed by atoms with E-state index in [1.54, 1.807) is 14.1 Å². The van der Waals surface area contributed by atoms with Crippen LogP contribution in [0.1, 0.15) is 18.9 Å². The standard InChI is InChI=1S/C14H21BrN2O2/c1-4-11(16)8-10-6-5-7-12(15)14(10)19-9-13(18)17(2)3/h5-7,11H,4,8-9,16H2,1-3H3. The van der Waals surface area contributed by atoms with Crippen LogP contribution in [0.2, 0.25) is 0 Å². The SMILES string of the molecule is CCC(N)Cc1cccc(Br)c1OCC(=O)N(C)C. The molecule has 0 saturated heterocycles. The van der Waals surface area contributed by atoms with Gasteiger partial charge in [0.25, 0.3) is 5.91 Å². The molecular formula is C14H21BrN2O2. The first kappa shape index (κ1) is 16.0. The Hall–Kier alpha value is -1.07. The molecule has 0 radical (unpaired) electrons. The van der Waals surface area contributed by atoms with E-state index in [-0.39, 0.29) is 18.6 Å². The van der Waals surface area contributed by atoms with Gasteiger partial charge in [-0.2, -0.15) is 0 Å². The Labute approximate surface area is 123 Å². The van der Waals surface area contributed by atoms with E-state index in [1.165, 1.54) is 4.90 Å². The summed E-state index contributed by atoms with van der Waals surface area (Å²) in [6, 6.07) is 5.93. The van der Waals surface area contributed by atoms with Crippen molar-refractivity contribution in [2.45, 2.75) is 25.8 Å². The topological polar surface area (TPSA) is 55.6 Å². The number of hydrogen-bond donors (Lipinski definition) is 1. The second-order valence-electron chi connectivity index (χ2n) is 4.68. The largest absolute Gasteiger partial charge is 0.482 e. The molecule has 1 aromatic rings. The maximum Gasteiger partial charge on any atom is 0.259 e. The van der Waals surface area contributed by atoms with Gasteiger partial charge in [-0.25, -0.2) is 0 Å². The smallest absolute Gasteiger partial charge is 0.259 e. The van der Waals surface area contributed by atoms with Crippen molar-refractivity contribution in [2.24, 2.45) is 5.73 Å². The summed E-state index contributed by atoms with van der Waals surface area (Å²) in [6.07, 6.45) is 1.64. The van der Waals surface area contributed by atoms with Gasteiger partial charge in [-0.3, -0.25) is 4.79 Å². The Morgan fingerprint density at radius 2 is 2.16 bits per heavy atom. The maximum absolute atomic E-state index is 11.6. The fourth-order valence-corrected chi connectivity index (χ4v) is 2.09. The number of carbonyl (C=O) groups is 1. The van der Waals surface area contributed by atoms with Crippen LogP contribution >= 0.6 is 15.9 Å². The highest BCUT2D eigenvalue weighted by Gasteiger charge is 2.13. The van der Waals surface area contributed by atoms with Gasteiger partial charge in [0.2, 0.25) is 0 Å². The Morgan fingerprint density at radius 1 is 1.47 bits per heavy atom. The zero-order chi connectivity index (χ0) is 14.4. The lowest BCUT2D eigenvalue weighted by atomic mass is 10.0. The summed E-state index contributed by atoms with van der Waals surface area (Å²) < 4.78 is 6.49. The number of likely N-dealkylation sites (N-methyl/N-ethyl adjacent to an activating group) is 1. The Morgan fingerprint density at radius 3 is 2.74 bits per heavy atom. The van der Waals surface area contributed by atoms with Crippen LogP contribution < -0.4 is 10.5 Å². The first-order chi connectivity index (χ1) is 8.95. The van der Waals surface area contributed by atoms with E-state index in [9.17, 15) is 4.79 Å². The van der Waals surface area contributed by atoms with Crippen molar-refractivity contribution in [1.29, 1.82) is 0 Å². The number of ether oxygens (including phenoxy) is 1. The monoisotopic (exact) mass is 328 g/mol. The van der Waals surface area contributed by atoms with Gasteiger partial charge in [-0.15, -0.1) is 0 Å². The molecule has 0 aliphatic heterocycles. The number of amides is 1. The molecule has 1 amide bonds. The van der Waals surface area contributed by atoms with Crippen LogP contribution in [-0.4, -0.2) is 37.6 Å². The summed E-state index contributed by atoms with van der Waals surface area (Å²) in [5, 5.41) is 0. The highest BCUT2D eigenvalue weighted by Crippen LogP contribution is 2.30. The second kappa shape index (κ2) is 7.50. The molecule has 0 heterocycles. The molecule has 106 valence electrons. The lowest BCUT2D eigenvalue weighted by Crippen LogP contribution is -2.28. The summed E-state index contributed by atoms with van der Waals surface area (Å²) in [4.78, 5) is 13.1. The van der Waals surface area contributed by atoms with Gasteiger partial charge in [-0.05, 0) is 40.4 Å². The van der Waals surface area contributed by atoms with E-state index in [2.05, 4.69) is 22.9 Å². The molecule has 0 bridgehead atoms. The molecule has 1 aromatic carbocycles. The molecule has 0 aliphatic carbocycles. The summed E-state index contributed by atoms with van der Waals surface area (Å²) in [6.45, 7) is 2.09. The lowest BCUT2D eigenvalue weighted by Gasteiger charge is -2.17. The predicted octanol–water partition coefficient (Wildman–Crippen LogP) is 2.20. The third-order valence-electron chi connectivity index (χ3n) is 2.89. The van der Waals surface area contributed by atoms with Gasteiger partial charge in [0.15, 0.2) is 6.61 Å². The number of benzene rings is 1. The first-order valence-corrected chi connectivity index (χ1v) is 7.10. The highest BCUT2D eigenvalue weighted by molar-refractivity contribution is 9.10. The minimum atomic E-state index is -0.0681. The Kier molecular flexibility index (Phi) is 6.31. The van der Waals surface area contributed by atoms with Crippen LogP contribution in [-0.2, 0) is 11.2 Å². The molecule has 0 spiro atoms. The third kappa shape index (κ3) is 4.84. The van der Waals surface area contributed by atoms with Gasteiger partial charge < -0.3 is 15.4 Å². The van der Waals surface area contributed by atoms with E-state index in [0.29, 0.717) is 5.75 Å². The van der Waals surface area contributed by atoms with Crippen molar-refractivity contribution in [2.75, 3.05) is 20.7 Å². The van der Waals surface area contributed by atoms with Gasteiger partial charge in [0, 0.05) is 20.1 Å².